The Morgan fingerprint density at radius 2 is 2.05 bits per heavy atom. The first kappa shape index (κ1) is 19.0. The molecule has 5 nitrogen and oxygen atoms in total. The van der Waals surface area contributed by atoms with E-state index in [4.69, 9.17) is 0 Å². The van der Waals surface area contributed by atoms with Crippen molar-refractivity contribution in [1.29, 1.82) is 0 Å². The van der Waals surface area contributed by atoms with Gasteiger partial charge in [0.15, 0.2) is 5.96 Å². The number of aliphatic hydroxyl groups is 1. The van der Waals surface area contributed by atoms with Crippen LogP contribution < -0.4 is 10.6 Å². The van der Waals surface area contributed by atoms with Gasteiger partial charge in [-0.3, -0.25) is 9.89 Å². The minimum atomic E-state index is -0.682. The van der Waals surface area contributed by atoms with Crippen molar-refractivity contribution in [1.82, 2.24) is 15.5 Å². The lowest BCUT2D eigenvalue weighted by Gasteiger charge is -2.25. The molecule has 0 bridgehead atoms. The van der Waals surface area contributed by atoms with Crippen molar-refractivity contribution in [2.45, 2.75) is 57.7 Å². The van der Waals surface area contributed by atoms with Crippen molar-refractivity contribution in [3.8, 4) is 0 Å². The first-order valence-corrected chi connectivity index (χ1v) is 7.89. The average Bonchev–Trinajstić information content (AvgIpc) is 3.20. The van der Waals surface area contributed by atoms with Gasteiger partial charge in [0.2, 0.25) is 0 Å². The van der Waals surface area contributed by atoms with Crippen molar-refractivity contribution >= 4 is 29.9 Å². The van der Waals surface area contributed by atoms with Crippen LogP contribution in [0.3, 0.4) is 0 Å². The highest BCUT2D eigenvalue weighted by Gasteiger charge is 2.38. The molecule has 2 aliphatic rings. The van der Waals surface area contributed by atoms with E-state index in [1.807, 2.05) is 13.8 Å². The van der Waals surface area contributed by atoms with E-state index in [1.165, 1.54) is 19.4 Å². The quantitative estimate of drug-likeness (QED) is 0.365. The van der Waals surface area contributed by atoms with Crippen molar-refractivity contribution in [2.75, 3.05) is 26.7 Å². The largest absolute Gasteiger partial charge is 0.388 e. The van der Waals surface area contributed by atoms with Gasteiger partial charge in [0.05, 0.1) is 5.60 Å². The lowest BCUT2D eigenvalue weighted by atomic mass is 10.0. The second kappa shape index (κ2) is 7.97. The van der Waals surface area contributed by atoms with Crippen molar-refractivity contribution in [2.24, 2.45) is 10.9 Å². The van der Waals surface area contributed by atoms with Gasteiger partial charge in [-0.25, -0.2) is 0 Å². The standard InChI is InChI=1S/C15H30N4O.HI/c1-5-15(3,20)10-17-14(16-4)18-13-9-19(8-11(13)2)12-6-7-12;/h11-13,20H,5-10H2,1-4H3,(H2,16,17,18);1H. The topological polar surface area (TPSA) is 59.9 Å². The van der Waals surface area contributed by atoms with Crippen molar-refractivity contribution in [3.63, 3.8) is 0 Å². The van der Waals surface area contributed by atoms with Crippen LogP contribution in [0.2, 0.25) is 0 Å². The van der Waals surface area contributed by atoms with Gasteiger partial charge >= 0.3 is 0 Å². The number of halogens is 1. The molecular weight excluding hydrogens is 379 g/mol. The van der Waals surface area contributed by atoms with E-state index in [0.29, 0.717) is 18.5 Å². The molecule has 1 heterocycles. The third-order valence-electron chi connectivity index (χ3n) is 4.65. The fourth-order valence-electron chi connectivity index (χ4n) is 2.70. The smallest absolute Gasteiger partial charge is 0.191 e. The van der Waals surface area contributed by atoms with Crippen LogP contribution >= 0.6 is 24.0 Å². The highest BCUT2D eigenvalue weighted by molar-refractivity contribution is 14.0. The number of rotatable bonds is 5. The van der Waals surface area contributed by atoms with Gasteiger partial charge in [-0.2, -0.15) is 0 Å². The molecule has 2 fully saturated rings. The van der Waals surface area contributed by atoms with E-state index in [2.05, 4.69) is 27.4 Å². The van der Waals surface area contributed by atoms with Gasteiger partial charge in [-0.05, 0) is 32.1 Å². The molecule has 1 saturated carbocycles. The van der Waals surface area contributed by atoms with E-state index >= 15 is 0 Å². The summed E-state index contributed by atoms with van der Waals surface area (Å²) in [5, 5.41) is 16.8. The maximum absolute atomic E-state index is 10.1. The van der Waals surface area contributed by atoms with Gasteiger partial charge in [-0.15, -0.1) is 24.0 Å². The van der Waals surface area contributed by atoms with E-state index < -0.39 is 5.60 Å². The maximum Gasteiger partial charge on any atom is 0.191 e. The fourth-order valence-corrected chi connectivity index (χ4v) is 2.70. The summed E-state index contributed by atoms with van der Waals surface area (Å²) in [6.45, 7) is 8.96. The molecule has 0 radical (unpaired) electrons. The number of likely N-dealkylation sites (tertiary alicyclic amines) is 1. The molecule has 3 atom stereocenters. The molecule has 124 valence electrons. The second-order valence-corrected chi connectivity index (χ2v) is 6.69. The molecule has 0 aromatic heterocycles. The van der Waals surface area contributed by atoms with E-state index in [9.17, 15) is 5.11 Å². The van der Waals surface area contributed by atoms with Crippen LogP contribution in [0.15, 0.2) is 4.99 Å². The Morgan fingerprint density at radius 1 is 1.38 bits per heavy atom. The Balaban J connectivity index is 0.00000220. The third-order valence-corrected chi connectivity index (χ3v) is 4.65. The Bertz CT molecular complexity index is 358. The predicted molar refractivity (Wildman–Crippen MR) is 98.4 cm³/mol. The van der Waals surface area contributed by atoms with E-state index in [1.54, 1.807) is 7.05 Å². The lowest BCUT2D eigenvalue weighted by Crippen LogP contribution is -2.50. The molecule has 6 heteroatoms. The second-order valence-electron chi connectivity index (χ2n) is 6.69. The molecule has 3 N–H and O–H groups in total. The SMILES string of the molecule is CCC(C)(O)CNC(=NC)NC1CN(C2CC2)CC1C.I. The lowest BCUT2D eigenvalue weighted by molar-refractivity contribution is 0.0603. The molecule has 1 aliphatic carbocycles. The van der Waals surface area contributed by atoms with Crippen molar-refractivity contribution in [3.05, 3.63) is 0 Å². The average molecular weight is 410 g/mol. The maximum atomic E-state index is 10.1. The summed E-state index contributed by atoms with van der Waals surface area (Å²) >= 11 is 0. The number of guanidine groups is 1. The highest BCUT2D eigenvalue weighted by Crippen LogP contribution is 2.31. The summed E-state index contributed by atoms with van der Waals surface area (Å²) in [5.74, 6) is 1.44. The summed E-state index contributed by atoms with van der Waals surface area (Å²) in [6, 6.07) is 1.29. The van der Waals surface area contributed by atoms with Crippen molar-refractivity contribution < 1.29 is 5.11 Å². The fraction of sp³-hybridized carbons (Fsp3) is 0.933. The Labute approximate surface area is 146 Å². The van der Waals surface area contributed by atoms with Gasteiger partial charge in [0.1, 0.15) is 0 Å². The summed E-state index contributed by atoms with van der Waals surface area (Å²) in [6.07, 6.45) is 3.46. The molecule has 1 saturated heterocycles. The Kier molecular flexibility index (Phi) is 7.19. The molecule has 0 aromatic carbocycles. The van der Waals surface area contributed by atoms with Crippen LogP contribution in [0.25, 0.3) is 0 Å². The van der Waals surface area contributed by atoms with E-state index in [0.717, 1.165) is 25.0 Å². The van der Waals surface area contributed by atoms with Crippen LogP contribution in [0.1, 0.15) is 40.0 Å². The zero-order valence-corrected chi connectivity index (χ0v) is 16.1. The van der Waals surface area contributed by atoms with Crippen LogP contribution in [0.5, 0.6) is 0 Å². The van der Waals surface area contributed by atoms with Gasteiger partial charge < -0.3 is 15.7 Å². The molecule has 0 aromatic rings. The normalized spacial score (nSPS) is 29.7. The minimum absolute atomic E-state index is 0. The molecule has 0 spiro atoms. The summed E-state index contributed by atoms with van der Waals surface area (Å²) in [5.41, 5.74) is -0.682. The third kappa shape index (κ3) is 5.56. The number of nitrogens with zero attached hydrogens (tertiary/aromatic N) is 2. The monoisotopic (exact) mass is 410 g/mol. The van der Waals surface area contributed by atoms with Crippen LogP contribution in [0.4, 0.5) is 0 Å². The number of nitrogens with one attached hydrogen (secondary N) is 2. The van der Waals surface area contributed by atoms with Gasteiger partial charge in [0.25, 0.3) is 0 Å². The van der Waals surface area contributed by atoms with Crippen LogP contribution in [0, 0.1) is 5.92 Å². The van der Waals surface area contributed by atoms with Crippen LogP contribution in [-0.2, 0) is 0 Å². The molecule has 3 unspecified atom stereocenters. The number of aliphatic imine (C=N–C) groups is 1. The minimum Gasteiger partial charge on any atom is -0.388 e. The number of hydrogen-bond acceptors (Lipinski definition) is 3. The van der Waals surface area contributed by atoms with Gasteiger partial charge in [0, 0.05) is 38.8 Å². The van der Waals surface area contributed by atoms with E-state index in [-0.39, 0.29) is 24.0 Å². The predicted octanol–water partition coefficient (Wildman–Crippen LogP) is 1.41. The summed E-state index contributed by atoms with van der Waals surface area (Å²) in [4.78, 5) is 6.87. The molecule has 0 amide bonds. The molecule has 1 aliphatic heterocycles. The first-order valence-electron chi connectivity index (χ1n) is 7.89. The first-order chi connectivity index (χ1) is 9.45. The highest BCUT2D eigenvalue weighted by atomic mass is 127. The van der Waals surface area contributed by atoms with Crippen LogP contribution in [-0.4, -0.2) is 60.3 Å². The zero-order valence-electron chi connectivity index (χ0n) is 13.7. The molecule has 2 rings (SSSR count). The Morgan fingerprint density at radius 3 is 2.57 bits per heavy atom. The summed E-state index contributed by atoms with van der Waals surface area (Å²) < 4.78 is 0. The van der Waals surface area contributed by atoms with Gasteiger partial charge in [-0.1, -0.05) is 13.8 Å². The molecule has 21 heavy (non-hydrogen) atoms. The Hall–Kier alpha value is -0.0800. The zero-order chi connectivity index (χ0) is 14.8. The molecular formula is C15H31IN4O. The summed E-state index contributed by atoms with van der Waals surface area (Å²) in [7, 11) is 1.79. The number of hydrogen-bond donors (Lipinski definition) is 3.